The van der Waals surface area contributed by atoms with E-state index in [-0.39, 0.29) is 0 Å². The van der Waals surface area contributed by atoms with E-state index >= 15 is 0 Å². The first-order valence-electron chi connectivity index (χ1n) is 8.31. The normalized spacial score (nSPS) is 13.9. The molecule has 3 heteroatoms. The first-order valence-corrected chi connectivity index (χ1v) is 9.13. The van der Waals surface area contributed by atoms with Crippen molar-refractivity contribution in [2.45, 2.75) is 33.1 Å². The van der Waals surface area contributed by atoms with Gasteiger partial charge in [0.2, 0.25) is 0 Å². The Morgan fingerprint density at radius 3 is 2.91 bits per heavy atom. The number of fused-ring (bicyclic) bond motifs is 1. The number of hydrogen-bond donors (Lipinski definition) is 0. The van der Waals surface area contributed by atoms with Crippen LogP contribution in [0.1, 0.15) is 40.6 Å². The van der Waals surface area contributed by atoms with Gasteiger partial charge in [-0.15, -0.1) is 11.3 Å². The minimum absolute atomic E-state index is 0.799. The molecule has 2 nitrogen and oxygen atoms in total. The van der Waals surface area contributed by atoms with E-state index in [0.717, 1.165) is 43.9 Å². The van der Waals surface area contributed by atoms with Crippen LogP contribution < -0.4 is 4.74 Å². The lowest BCUT2D eigenvalue weighted by Crippen LogP contribution is -2.11. The lowest BCUT2D eigenvalue weighted by Gasteiger charge is -2.16. The monoisotopic (exact) mass is 325 g/mol. The number of aliphatic imine (C=N–C) groups is 1. The molecular formula is C20H23NOS. The summed E-state index contributed by atoms with van der Waals surface area (Å²) in [5, 5.41) is 0. The lowest BCUT2D eigenvalue weighted by atomic mass is 9.97. The van der Waals surface area contributed by atoms with Crippen LogP contribution >= 0.6 is 11.3 Å². The Balaban J connectivity index is 1.75. The molecule has 0 unspecified atom stereocenters. The number of aryl methyl sites for hydroxylation is 1. The van der Waals surface area contributed by atoms with Gasteiger partial charge in [0.25, 0.3) is 0 Å². The van der Waals surface area contributed by atoms with Crippen molar-refractivity contribution < 1.29 is 4.74 Å². The number of ether oxygens (including phenoxy) is 1. The van der Waals surface area contributed by atoms with Crippen LogP contribution in [0.15, 0.2) is 41.4 Å². The first-order chi connectivity index (χ1) is 11.3. The predicted octanol–water partition coefficient (Wildman–Crippen LogP) is 5.29. The number of nitrogens with zero attached hydrogens (tertiary/aromatic N) is 1. The van der Waals surface area contributed by atoms with Crippen LogP contribution in [0.2, 0.25) is 0 Å². The predicted molar refractivity (Wildman–Crippen MR) is 100 cm³/mol. The van der Waals surface area contributed by atoms with Gasteiger partial charge in [-0.25, -0.2) is 0 Å². The van der Waals surface area contributed by atoms with Crippen LogP contribution in [0.25, 0.3) is 6.08 Å². The standard InChI is InChI=1S/C20H23NOS/c1-3-4-13-22-17-6-9-19-16(14-17)11-12-21-20(19)10-8-18-7-5-15(2)23-18/h5-10,14H,3-4,11-13H2,1-2H3. The third kappa shape index (κ3) is 4.11. The van der Waals surface area contributed by atoms with Crippen molar-refractivity contribution in [2.75, 3.05) is 13.2 Å². The lowest BCUT2D eigenvalue weighted by molar-refractivity contribution is 0.309. The summed E-state index contributed by atoms with van der Waals surface area (Å²) < 4.78 is 5.82. The average molecular weight is 325 g/mol. The van der Waals surface area contributed by atoms with Gasteiger partial charge in [-0.05, 0) is 67.8 Å². The molecule has 0 spiro atoms. The van der Waals surface area contributed by atoms with Crippen LogP contribution in [-0.2, 0) is 6.42 Å². The van der Waals surface area contributed by atoms with E-state index in [4.69, 9.17) is 9.73 Å². The molecule has 3 rings (SSSR count). The van der Waals surface area contributed by atoms with Gasteiger partial charge < -0.3 is 4.74 Å². The van der Waals surface area contributed by atoms with E-state index in [0.29, 0.717) is 0 Å². The third-order valence-electron chi connectivity index (χ3n) is 3.95. The topological polar surface area (TPSA) is 21.6 Å². The second kappa shape index (κ2) is 7.60. The zero-order valence-corrected chi connectivity index (χ0v) is 14.7. The van der Waals surface area contributed by atoms with Gasteiger partial charge in [-0.2, -0.15) is 0 Å². The largest absolute Gasteiger partial charge is 0.494 e. The molecule has 0 radical (unpaired) electrons. The van der Waals surface area contributed by atoms with Crippen molar-refractivity contribution in [1.29, 1.82) is 0 Å². The number of thiophene rings is 1. The number of benzene rings is 1. The Kier molecular flexibility index (Phi) is 5.29. The van der Waals surface area contributed by atoms with Crippen molar-refractivity contribution in [3.63, 3.8) is 0 Å². The smallest absolute Gasteiger partial charge is 0.119 e. The van der Waals surface area contributed by atoms with Gasteiger partial charge in [0.05, 0.1) is 12.3 Å². The maximum absolute atomic E-state index is 5.82. The van der Waals surface area contributed by atoms with E-state index in [2.05, 4.69) is 56.3 Å². The van der Waals surface area contributed by atoms with Gasteiger partial charge in [0, 0.05) is 21.9 Å². The molecule has 0 fully saturated rings. The molecule has 0 N–H and O–H groups in total. The fraction of sp³-hybridized carbons (Fsp3) is 0.350. The van der Waals surface area contributed by atoms with Gasteiger partial charge in [0.1, 0.15) is 5.75 Å². The highest BCUT2D eigenvalue weighted by atomic mass is 32.1. The first kappa shape index (κ1) is 16.0. The summed E-state index contributed by atoms with van der Waals surface area (Å²) >= 11 is 1.81. The number of hydrogen-bond acceptors (Lipinski definition) is 3. The maximum Gasteiger partial charge on any atom is 0.119 e. The molecule has 1 aliphatic heterocycles. The van der Waals surface area contributed by atoms with Gasteiger partial charge in [0.15, 0.2) is 0 Å². The Morgan fingerprint density at radius 2 is 2.13 bits per heavy atom. The highest BCUT2D eigenvalue weighted by molar-refractivity contribution is 7.12. The molecule has 0 saturated carbocycles. The van der Waals surface area contributed by atoms with Crippen LogP contribution in [0.4, 0.5) is 0 Å². The fourth-order valence-electron chi connectivity index (χ4n) is 2.68. The van der Waals surface area contributed by atoms with E-state index < -0.39 is 0 Å². The van der Waals surface area contributed by atoms with Crippen molar-refractivity contribution in [3.05, 3.63) is 57.3 Å². The maximum atomic E-state index is 5.82. The van der Waals surface area contributed by atoms with Crippen LogP contribution in [0, 0.1) is 6.92 Å². The fourth-order valence-corrected chi connectivity index (χ4v) is 3.46. The summed E-state index contributed by atoms with van der Waals surface area (Å²) in [6.45, 7) is 5.97. The van der Waals surface area contributed by atoms with Crippen molar-refractivity contribution in [1.82, 2.24) is 0 Å². The van der Waals surface area contributed by atoms with Crippen molar-refractivity contribution in [3.8, 4) is 5.75 Å². The Labute approximate surface area is 142 Å². The second-order valence-electron chi connectivity index (χ2n) is 5.82. The number of rotatable bonds is 6. The molecule has 1 aliphatic rings. The van der Waals surface area contributed by atoms with Crippen LogP contribution in [-0.4, -0.2) is 18.9 Å². The Hall–Kier alpha value is -1.87. The molecule has 0 aliphatic carbocycles. The van der Waals surface area contributed by atoms with Gasteiger partial charge in [-0.1, -0.05) is 13.3 Å². The molecule has 1 aromatic carbocycles. The summed E-state index contributed by atoms with van der Waals surface area (Å²) in [5.74, 6) is 0.983. The number of unbranched alkanes of at least 4 members (excludes halogenated alkanes) is 1. The molecule has 120 valence electrons. The molecule has 0 atom stereocenters. The zero-order chi connectivity index (χ0) is 16.1. The van der Waals surface area contributed by atoms with Crippen LogP contribution in [0.3, 0.4) is 0 Å². The molecule has 23 heavy (non-hydrogen) atoms. The summed E-state index contributed by atoms with van der Waals surface area (Å²) in [6.07, 6.45) is 7.56. The Morgan fingerprint density at radius 1 is 1.22 bits per heavy atom. The quantitative estimate of drug-likeness (QED) is 0.661. The summed E-state index contributed by atoms with van der Waals surface area (Å²) in [5.41, 5.74) is 3.66. The molecule has 2 aromatic rings. The SMILES string of the molecule is CCCCOc1ccc2c(c1)CCN=C2C=Cc1ccc(C)s1. The highest BCUT2D eigenvalue weighted by Gasteiger charge is 2.13. The van der Waals surface area contributed by atoms with Crippen molar-refractivity contribution in [2.24, 2.45) is 4.99 Å². The van der Waals surface area contributed by atoms with E-state index in [1.54, 1.807) is 0 Å². The van der Waals surface area contributed by atoms with E-state index in [9.17, 15) is 0 Å². The molecule has 2 heterocycles. The van der Waals surface area contributed by atoms with Gasteiger partial charge >= 0.3 is 0 Å². The number of allylic oxidation sites excluding steroid dienone is 1. The molecule has 0 amide bonds. The molecule has 1 aromatic heterocycles. The van der Waals surface area contributed by atoms with Crippen molar-refractivity contribution >= 4 is 23.1 Å². The third-order valence-corrected chi connectivity index (χ3v) is 4.92. The molecule has 0 saturated heterocycles. The molecular weight excluding hydrogens is 302 g/mol. The average Bonchev–Trinajstić information content (AvgIpc) is 2.98. The minimum Gasteiger partial charge on any atom is -0.494 e. The second-order valence-corrected chi connectivity index (χ2v) is 7.14. The summed E-state index contributed by atoms with van der Waals surface area (Å²) in [6, 6.07) is 10.7. The van der Waals surface area contributed by atoms with E-state index in [1.807, 2.05) is 11.3 Å². The summed E-state index contributed by atoms with van der Waals surface area (Å²) in [7, 11) is 0. The zero-order valence-electron chi connectivity index (χ0n) is 13.8. The summed E-state index contributed by atoms with van der Waals surface area (Å²) in [4.78, 5) is 7.30. The van der Waals surface area contributed by atoms with Crippen LogP contribution in [0.5, 0.6) is 5.75 Å². The Bertz CT molecular complexity index is 727. The highest BCUT2D eigenvalue weighted by Crippen LogP contribution is 2.24. The van der Waals surface area contributed by atoms with E-state index in [1.165, 1.54) is 20.9 Å². The molecule has 0 bridgehead atoms. The minimum atomic E-state index is 0.799. The van der Waals surface area contributed by atoms with Gasteiger partial charge in [-0.3, -0.25) is 4.99 Å².